The standard InChI is InChI=1S/C35H38ClN3O6S/c1-24-20-39(25(2)23-40)35(41)31-10-7-11-32(37-46(42,43)30-18-14-27(36)15-19-30)34(31)45-33(24)22-38(3)21-26-12-16-29(17-13-26)44-28-8-5-4-6-9-28/h4-19,24-25,33,37,40H,20-23H2,1-3H3/t24-,25+,33+/m0/s1. The van der Waals surface area contributed by atoms with Gasteiger partial charge in [-0.15, -0.1) is 0 Å². The molecule has 46 heavy (non-hydrogen) atoms. The molecular formula is C35H38ClN3O6S. The van der Waals surface area contributed by atoms with Crippen LogP contribution in [0.15, 0.2) is 102 Å². The van der Waals surface area contributed by atoms with E-state index < -0.39 is 22.2 Å². The molecule has 0 saturated heterocycles. The van der Waals surface area contributed by atoms with Crippen molar-refractivity contribution in [3.05, 3.63) is 113 Å². The van der Waals surface area contributed by atoms with E-state index in [9.17, 15) is 18.3 Å². The van der Waals surface area contributed by atoms with Crippen molar-refractivity contribution in [2.24, 2.45) is 5.92 Å². The number of benzene rings is 4. The van der Waals surface area contributed by atoms with Crippen molar-refractivity contribution in [3.63, 3.8) is 0 Å². The molecule has 4 aromatic carbocycles. The van der Waals surface area contributed by atoms with Gasteiger partial charge in [0.15, 0.2) is 5.75 Å². The van der Waals surface area contributed by atoms with Crippen molar-refractivity contribution in [3.8, 4) is 17.2 Å². The Morgan fingerprint density at radius 2 is 1.67 bits per heavy atom. The van der Waals surface area contributed by atoms with Gasteiger partial charge in [-0.25, -0.2) is 8.42 Å². The third-order valence-corrected chi connectivity index (χ3v) is 9.54. The largest absolute Gasteiger partial charge is 0.486 e. The molecule has 242 valence electrons. The quantitative estimate of drug-likeness (QED) is 0.194. The number of aliphatic hydroxyl groups is 1. The molecule has 5 rings (SSSR count). The van der Waals surface area contributed by atoms with Crippen LogP contribution in [0.5, 0.6) is 17.2 Å². The van der Waals surface area contributed by atoms with Crippen LogP contribution in [0.2, 0.25) is 5.02 Å². The maximum absolute atomic E-state index is 13.8. The second-order valence-corrected chi connectivity index (χ2v) is 13.7. The van der Waals surface area contributed by atoms with Crippen LogP contribution in [0.25, 0.3) is 0 Å². The van der Waals surface area contributed by atoms with E-state index in [4.69, 9.17) is 21.1 Å². The number of aliphatic hydroxyl groups excluding tert-OH is 1. The van der Waals surface area contributed by atoms with Gasteiger partial charge in [0.1, 0.15) is 17.6 Å². The van der Waals surface area contributed by atoms with Crippen LogP contribution in [-0.4, -0.2) is 68.1 Å². The summed E-state index contributed by atoms with van der Waals surface area (Å²) in [6.07, 6.45) is -0.424. The summed E-state index contributed by atoms with van der Waals surface area (Å²) < 4.78 is 41.8. The molecule has 4 aromatic rings. The Kier molecular flexibility index (Phi) is 10.5. The molecule has 1 aliphatic heterocycles. The van der Waals surface area contributed by atoms with Crippen LogP contribution in [0.1, 0.15) is 29.8 Å². The smallest absolute Gasteiger partial charge is 0.262 e. The number of nitrogens with one attached hydrogen (secondary N) is 1. The molecule has 0 spiro atoms. The highest BCUT2D eigenvalue weighted by atomic mass is 35.5. The van der Waals surface area contributed by atoms with Gasteiger partial charge < -0.3 is 19.5 Å². The Hall–Kier alpha value is -4.09. The number of likely N-dealkylation sites (N-methyl/N-ethyl adjacent to an activating group) is 1. The minimum atomic E-state index is -4.03. The molecule has 0 bridgehead atoms. The van der Waals surface area contributed by atoms with Crippen LogP contribution in [0, 0.1) is 5.92 Å². The zero-order valence-corrected chi connectivity index (χ0v) is 27.5. The number of carbonyl (C=O) groups is 1. The van der Waals surface area contributed by atoms with Crippen LogP contribution in [-0.2, 0) is 16.6 Å². The third-order valence-electron chi connectivity index (χ3n) is 7.91. The number of halogens is 1. The van der Waals surface area contributed by atoms with E-state index in [0.717, 1.165) is 17.1 Å². The first-order chi connectivity index (χ1) is 22.0. The molecular weight excluding hydrogens is 626 g/mol. The lowest BCUT2D eigenvalue weighted by atomic mass is 9.99. The van der Waals surface area contributed by atoms with Gasteiger partial charge in [0.2, 0.25) is 0 Å². The molecule has 1 amide bonds. The van der Waals surface area contributed by atoms with Crippen molar-refractivity contribution in [1.29, 1.82) is 0 Å². The number of amides is 1. The van der Waals surface area contributed by atoms with E-state index in [2.05, 4.69) is 9.62 Å². The highest BCUT2D eigenvalue weighted by Crippen LogP contribution is 2.36. The molecule has 0 fully saturated rings. The molecule has 1 heterocycles. The van der Waals surface area contributed by atoms with Crippen molar-refractivity contribution in [2.45, 2.75) is 37.4 Å². The first kappa shape index (κ1) is 33.3. The monoisotopic (exact) mass is 663 g/mol. The fourth-order valence-electron chi connectivity index (χ4n) is 5.33. The minimum absolute atomic E-state index is 0.0204. The van der Waals surface area contributed by atoms with Crippen molar-refractivity contribution >= 4 is 33.2 Å². The molecule has 0 aliphatic carbocycles. The lowest BCUT2D eigenvalue weighted by molar-refractivity contribution is 0.0344. The summed E-state index contributed by atoms with van der Waals surface area (Å²) in [7, 11) is -2.04. The summed E-state index contributed by atoms with van der Waals surface area (Å²) in [6, 6.07) is 27.6. The van der Waals surface area contributed by atoms with Crippen LogP contribution in [0.4, 0.5) is 5.69 Å². The van der Waals surface area contributed by atoms with Crippen LogP contribution < -0.4 is 14.2 Å². The summed E-state index contributed by atoms with van der Waals surface area (Å²) in [5, 5.41) is 10.4. The maximum atomic E-state index is 13.8. The lowest BCUT2D eigenvalue weighted by Gasteiger charge is -2.38. The fraction of sp³-hybridized carbons (Fsp3) is 0.286. The number of hydrogen-bond donors (Lipinski definition) is 2. The van der Waals surface area contributed by atoms with Gasteiger partial charge in [0.05, 0.1) is 28.8 Å². The number of anilines is 1. The first-order valence-electron chi connectivity index (χ1n) is 15.0. The molecule has 1 aliphatic rings. The second-order valence-electron chi connectivity index (χ2n) is 11.6. The highest BCUT2D eigenvalue weighted by molar-refractivity contribution is 7.92. The van der Waals surface area contributed by atoms with Gasteiger partial charge in [-0.3, -0.25) is 14.4 Å². The Bertz CT molecular complexity index is 1740. The van der Waals surface area contributed by atoms with E-state index in [1.54, 1.807) is 30.0 Å². The molecule has 0 aromatic heterocycles. The van der Waals surface area contributed by atoms with Gasteiger partial charge in [-0.05, 0) is 80.2 Å². The van der Waals surface area contributed by atoms with Crippen molar-refractivity contribution in [2.75, 3.05) is 31.5 Å². The number of sulfonamides is 1. The van der Waals surface area contributed by atoms with Gasteiger partial charge in [-0.2, -0.15) is 0 Å². The molecule has 11 heteroatoms. The number of rotatable bonds is 11. The predicted octanol–water partition coefficient (Wildman–Crippen LogP) is 6.29. The van der Waals surface area contributed by atoms with Crippen LogP contribution in [0.3, 0.4) is 0 Å². The van der Waals surface area contributed by atoms with E-state index in [-0.39, 0.29) is 40.3 Å². The average Bonchev–Trinajstić information content (AvgIpc) is 3.04. The van der Waals surface area contributed by atoms with E-state index in [1.807, 2.05) is 68.6 Å². The zero-order valence-electron chi connectivity index (χ0n) is 26.0. The SMILES string of the molecule is C[C@H](CO)N1C[C@H](C)[C@@H](CN(C)Cc2ccc(Oc3ccccc3)cc2)Oc2c(NS(=O)(=O)c3ccc(Cl)cc3)cccc2C1=O. The Balaban J connectivity index is 1.39. The van der Waals surface area contributed by atoms with E-state index in [1.165, 1.54) is 24.3 Å². The van der Waals surface area contributed by atoms with Crippen molar-refractivity contribution < 1.29 is 27.8 Å². The minimum Gasteiger partial charge on any atom is -0.486 e. The number of nitrogens with zero attached hydrogens (tertiary/aromatic N) is 2. The fourth-order valence-corrected chi connectivity index (χ4v) is 6.52. The Morgan fingerprint density at radius 1 is 1.00 bits per heavy atom. The van der Waals surface area contributed by atoms with Gasteiger partial charge in [0.25, 0.3) is 15.9 Å². The molecule has 2 N–H and O–H groups in total. The molecule has 3 atom stereocenters. The van der Waals surface area contributed by atoms with Gasteiger partial charge >= 0.3 is 0 Å². The molecule has 0 unspecified atom stereocenters. The molecule has 0 radical (unpaired) electrons. The molecule has 9 nitrogen and oxygen atoms in total. The topological polar surface area (TPSA) is 108 Å². The number of fused-ring (bicyclic) bond motifs is 1. The number of hydrogen-bond acceptors (Lipinski definition) is 7. The second kappa shape index (κ2) is 14.6. The van der Waals surface area contributed by atoms with Crippen molar-refractivity contribution in [1.82, 2.24) is 9.80 Å². The normalized spacial score (nSPS) is 17.4. The van der Waals surface area contributed by atoms with E-state index >= 15 is 0 Å². The number of ether oxygens (including phenoxy) is 2. The number of carbonyl (C=O) groups excluding carboxylic acids is 1. The zero-order chi connectivity index (χ0) is 32.8. The summed E-state index contributed by atoms with van der Waals surface area (Å²) in [6.45, 7) is 5.01. The first-order valence-corrected chi connectivity index (χ1v) is 16.9. The highest BCUT2D eigenvalue weighted by Gasteiger charge is 2.35. The van der Waals surface area contributed by atoms with Crippen LogP contribution >= 0.6 is 11.6 Å². The Labute approximate surface area is 275 Å². The Morgan fingerprint density at radius 3 is 2.35 bits per heavy atom. The summed E-state index contributed by atoms with van der Waals surface area (Å²) in [5.41, 5.74) is 1.43. The van der Waals surface area contributed by atoms with Gasteiger partial charge in [0, 0.05) is 30.6 Å². The number of para-hydroxylation sites is 2. The maximum Gasteiger partial charge on any atom is 0.262 e. The van der Waals surface area contributed by atoms with E-state index in [0.29, 0.717) is 24.7 Å². The van der Waals surface area contributed by atoms with Gasteiger partial charge in [-0.1, -0.05) is 54.9 Å². The lowest BCUT2D eigenvalue weighted by Crippen LogP contribution is -2.49. The third kappa shape index (κ3) is 8.00. The average molecular weight is 664 g/mol. The molecule has 0 saturated carbocycles. The predicted molar refractivity (Wildman–Crippen MR) is 179 cm³/mol. The summed E-state index contributed by atoms with van der Waals surface area (Å²) in [4.78, 5) is 17.6. The summed E-state index contributed by atoms with van der Waals surface area (Å²) >= 11 is 5.97. The summed E-state index contributed by atoms with van der Waals surface area (Å²) in [5.74, 6) is 1.15.